The highest BCUT2D eigenvalue weighted by Crippen LogP contribution is 2.53. The summed E-state index contributed by atoms with van der Waals surface area (Å²) in [7, 11) is 0. The highest BCUT2D eigenvalue weighted by atomic mass is 15.0. The minimum Gasteiger partial charge on any atom is -0.309 e. The molecule has 48 heavy (non-hydrogen) atoms. The van der Waals surface area contributed by atoms with Crippen molar-refractivity contribution in [1.29, 1.82) is 0 Å². The number of hydrogen-bond acceptors (Lipinski definition) is 2. The Kier molecular flexibility index (Phi) is 5.63. The molecule has 7 aromatic carbocycles. The molecule has 0 atom stereocenters. The van der Waals surface area contributed by atoms with Gasteiger partial charge in [-0.15, -0.1) is 0 Å². The van der Waals surface area contributed by atoms with Crippen LogP contribution in [0.5, 0.6) is 0 Å². The lowest BCUT2D eigenvalue weighted by atomic mass is 9.82. The topological polar surface area (TPSA) is 30.7 Å². The lowest BCUT2D eigenvalue weighted by Gasteiger charge is -2.22. The van der Waals surface area contributed by atoms with Gasteiger partial charge in [-0.05, 0) is 69.4 Å². The summed E-state index contributed by atoms with van der Waals surface area (Å²) in [6.45, 7) is 4.74. The maximum Gasteiger partial charge on any atom is 0.160 e. The first kappa shape index (κ1) is 27.1. The van der Waals surface area contributed by atoms with Crippen LogP contribution in [-0.4, -0.2) is 14.5 Å². The molecule has 3 heteroatoms. The van der Waals surface area contributed by atoms with Gasteiger partial charge in [0.15, 0.2) is 5.82 Å². The minimum absolute atomic E-state index is 0.129. The molecule has 2 aromatic heterocycles. The van der Waals surface area contributed by atoms with Crippen LogP contribution in [0.2, 0.25) is 0 Å². The average molecular weight is 614 g/mol. The van der Waals surface area contributed by atoms with Crippen LogP contribution in [0.25, 0.3) is 82.9 Å². The van der Waals surface area contributed by atoms with E-state index >= 15 is 0 Å². The summed E-state index contributed by atoms with van der Waals surface area (Å²) in [5, 5.41) is 6.15. The van der Waals surface area contributed by atoms with E-state index in [1.165, 1.54) is 54.8 Å². The second kappa shape index (κ2) is 9.97. The normalized spacial score (nSPS) is 13.4. The highest BCUT2D eigenvalue weighted by molar-refractivity contribution is 6.13. The molecule has 0 N–H and O–H groups in total. The maximum atomic E-state index is 5.18. The third kappa shape index (κ3) is 3.82. The number of nitrogens with zero attached hydrogens (tertiary/aromatic N) is 3. The minimum atomic E-state index is -0.129. The standard InChI is InChI=1S/C45H31N3/c1-45(2)37-23-21-28-13-9-10-18-32(28)42(37)35-26-34-33-19-11-12-20-40(33)48(41(34)27-38(35)45)31-22-24-39-36(25-31)43(29-14-5-3-6-15-29)47-44(46-39)30-16-7-4-8-17-30/h3-27H,1-2H3. The van der Waals surface area contributed by atoms with Gasteiger partial charge in [-0.25, -0.2) is 9.97 Å². The van der Waals surface area contributed by atoms with Gasteiger partial charge in [0.1, 0.15) is 0 Å². The molecule has 1 aliphatic carbocycles. The number of fused-ring (bicyclic) bond motifs is 9. The van der Waals surface area contributed by atoms with Crippen LogP contribution >= 0.6 is 0 Å². The molecule has 0 radical (unpaired) electrons. The van der Waals surface area contributed by atoms with Gasteiger partial charge in [0, 0.05) is 38.4 Å². The van der Waals surface area contributed by atoms with E-state index in [0.717, 1.165) is 39.2 Å². The van der Waals surface area contributed by atoms with E-state index < -0.39 is 0 Å². The predicted molar refractivity (Wildman–Crippen MR) is 200 cm³/mol. The van der Waals surface area contributed by atoms with E-state index in [2.05, 4.69) is 152 Å². The van der Waals surface area contributed by atoms with Gasteiger partial charge in [-0.3, -0.25) is 0 Å². The van der Waals surface area contributed by atoms with E-state index in [9.17, 15) is 0 Å². The number of para-hydroxylation sites is 1. The van der Waals surface area contributed by atoms with Crippen LogP contribution in [0, 0.1) is 0 Å². The molecule has 3 nitrogen and oxygen atoms in total. The van der Waals surface area contributed by atoms with Gasteiger partial charge in [0.2, 0.25) is 0 Å². The van der Waals surface area contributed by atoms with Crippen molar-refractivity contribution in [2.24, 2.45) is 0 Å². The smallest absolute Gasteiger partial charge is 0.160 e. The largest absolute Gasteiger partial charge is 0.309 e. The van der Waals surface area contributed by atoms with Crippen molar-refractivity contribution in [3.8, 4) is 39.5 Å². The molecule has 0 unspecified atom stereocenters. The molecule has 0 saturated heterocycles. The average Bonchev–Trinajstić information content (AvgIpc) is 3.58. The fourth-order valence-corrected chi connectivity index (χ4v) is 8.03. The van der Waals surface area contributed by atoms with Gasteiger partial charge in [-0.2, -0.15) is 0 Å². The highest BCUT2D eigenvalue weighted by Gasteiger charge is 2.37. The molecule has 9 aromatic rings. The molecule has 0 saturated carbocycles. The molecular weight excluding hydrogens is 583 g/mol. The van der Waals surface area contributed by atoms with E-state index in [0.29, 0.717) is 0 Å². The summed E-state index contributed by atoms with van der Waals surface area (Å²) >= 11 is 0. The molecular formula is C45H31N3. The van der Waals surface area contributed by atoms with Gasteiger partial charge in [0.25, 0.3) is 0 Å². The zero-order valence-corrected chi connectivity index (χ0v) is 26.8. The van der Waals surface area contributed by atoms with E-state index in [4.69, 9.17) is 9.97 Å². The molecule has 0 aliphatic heterocycles. The summed E-state index contributed by atoms with van der Waals surface area (Å²) in [4.78, 5) is 10.3. The third-order valence-corrected chi connectivity index (χ3v) is 10.4. The monoisotopic (exact) mass is 613 g/mol. The first-order chi connectivity index (χ1) is 23.6. The fourth-order valence-electron chi connectivity index (χ4n) is 8.03. The van der Waals surface area contributed by atoms with Gasteiger partial charge < -0.3 is 4.57 Å². The number of benzene rings is 7. The summed E-state index contributed by atoms with van der Waals surface area (Å²) in [6.07, 6.45) is 0. The van der Waals surface area contributed by atoms with Crippen LogP contribution in [0.15, 0.2) is 152 Å². The number of rotatable bonds is 3. The van der Waals surface area contributed by atoms with Gasteiger partial charge in [0.05, 0.1) is 22.2 Å². The predicted octanol–water partition coefficient (Wildman–Crippen LogP) is 11.5. The summed E-state index contributed by atoms with van der Waals surface area (Å²) < 4.78 is 2.43. The first-order valence-electron chi connectivity index (χ1n) is 16.6. The van der Waals surface area contributed by atoms with Crippen LogP contribution in [0.3, 0.4) is 0 Å². The molecule has 0 amide bonds. The Morgan fingerprint density at radius 3 is 2.02 bits per heavy atom. The van der Waals surface area contributed by atoms with Crippen LogP contribution < -0.4 is 0 Å². The molecule has 0 bridgehead atoms. The van der Waals surface area contributed by atoms with E-state index in [-0.39, 0.29) is 5.41 Å². The molecule has 0 fully saturated rings. The summed E-state index contributed by atoms with van der Waals surface area (Å²) in [5.74, 6) is 0.733. The van der Waals surface area contributed by atoms with Gasteiger partial charge in [-0.1, -0.05) is 129 Å². The Labute approximate surface area is 278 Å². The summed E-state index contributed by atoms with van der Waals surface area (Å²) in [5.41, 5.74) is 12.8. The molecule has 1 aliphatic rings. The molecule has 10 rings (SSSR count). The van der Waals surface area contributed by atoms with Gasteiger partial charge >= 0.3 is 0 Å². The number of aromatic nitrogens is 3. The maximum absolute atomic E-state index is 5.18. The molecule has 0 spiro atoms. The second-order valence-electron chi connectivity index (χ2n) is 13.4. The molecule has 226 valence electrons. The quantitative estimate of drug-likeness (QED) is 0.198. The fraction of sp³-hybridized carbons (Fsp3) is 0.0667. The van der Waals surface area contributed by atoms with E-state index in [1.54, 1.807) is 0 Å². The van der Waals surface area contributed by atoms with Crippen molar-refractivity contribution in [1.82, 2.24) is 14.5 Å². The Morgan fingerprint density at radius 1 is 0.500 bits per heavy atom. The second-order valence-corrected chi connectivity index (χ2v) is 13.4. The first-order valence-corrected chi connectivity index (χ1v) is 16.6. The molecule has 2 heterocycles. The Bertz CT molecular complexity index is 2740. The third-order valence-electron chi connectivity index (χ3n) is 10.4. The van der Waals surface area contributed by atoms with Crippen molar-refractivity contribution in [3.63, 3.8) is 0 Å². The SMILES string of the molecule is CC1(C)c2cc3c(cc2-c2c1ccc1ccccc21)c1ccccc1n3-c1ccc2nc(-c3ccccc3)nc(-c3ccccc3)c2c1. The Balaban J connectivity index is 1.26. The Hall–Kier alpha value is -6.06. The van der Waals surface area contributed by atoms with Crippen molar-refractivity contribution in [3.05, 3.63) is 163 Å². The lowest BCUT2D eigenvalue weighted by molar-refractivity contribution is 0.661. The van der Waals surface area contributed by atoms with E-state index in [1.807, 2.05) is 18.2 Å². The number of hydrogen-bond donors (Lipinski definition) is 0. The van der Waals surface area contributed by atoms with Crippen molar-refractivity contribution >= 4 is 43.5 Å². The lowest BCUT2D eigenvalue weighted by Crippen LogP contribution is -2.15. The van der Waals surface area contributed by atoms with Crippen molar-refractivity contribution in [2.45, 2.75) is 19.3 Å². The van der Waals surface area contributed by atoms with Crippen LogP contribution in [0.1, 0.15) is 25.0 Å². The van der Waals surface area contributed by atoms with Crippen LogP contribution in [-0.2, 0) is 5.41 Å². The van der Waals surface area contributed by atoms with Crippen molar-refractivity contribution in [2.75, 3.05) is 0 Å². The zero-order valence-electron chi connectivity index (χ0n) is 26.8. The zero-order chi connectivity index (χ0) is 32.0. The van der Waals surface area contributed by atoms with Crippen molar-refractivity contribution < 1.29 is 0 Å². The Morgan fingerprint density at radius 2 is 1.21 bits per heavy atom. The van der Waals surface area contributed by atoms with Crippen LogP contribution in [0.4, 0.5) is 0 Å². The summed E-state index contributed by atoms with van der Waals surface area (Å²) in [6, 6.07) is 54.5.